The lowest BCUT2D eigenvalue weighted by Gasteiger charge is -2.38. The number of rotatable bonds is 7. The molecule has 5 atom stereocenters. The maximum absolute atomic E-state index is 12.9. The zero-order valence-corrected chi connectivity index (χ0v) is 16.1. The molecule has 0 radical (unpaired) electrons. The van der Waals surface area contributed by atoms with Crippen LogP contribution in [-0.4, -0.2) is 23.7 Å². The highest BCUT2D eigenvalue weighted by Gasteiger charge is 2.51. The molecular formula is C23H32FNO2. The minimum atomic E-state index is -0.909. The van der Waals surface area contributed by atoms with E-state index in [1.165, 1.54) is 57.1 Å². The van der Waals surface area contributed by atoms with Crippen molar-refractivity contribution in [2.75, 3.05) is 6.54 Å². The Kier molecular flexibility index (Phi) is 5.54. The fourth-order valence-electron chi connectivity index (χ4n) is 6.30. The Balaban J connectivity index is 1.22. The Morgan fingerprint density at radius 2 is 1.96 bits per heavy atom. The third-order valence-corrected chi connectivity index (χ3v) is 7.48. The lowest BCUT2D eigenvalue weighted by Crippen LogP contribution is -2.37. The van der Waals surface area contributed by atoms with E-state index in [2.05, 4.69) is 5.32 Å². The topological polar surface area (TPSA) is 49.3 Å². The molecule has 3 nitrogen and oxygen atoms in total. The van der Waals surface area contributed by atoms with Crippen LogP contribution in [0.2, 0.25) is 0 Å². The predicted octanol–water partition coefficient (Wildman–Crippen LogP) is 4.23. The number of halogens is 1. The zero-order valence-electron chi connectivity index (χ0n) is 16.1. The maximum atomic E-state index is 12.9. The normalized spacial score (nSPS) is 32.9. The smallest absolute Gasteiger partial charge is 0.248 e. The Labute approximate surface area is 161 Å². The monoisotopic (exact) mass is 373 g/mol. The third kappa shape index (κ3) is 4.37. The highest BCUT2D eigenvalue weighted by atomic mass is 19.1. The van der Waals surface area contributed by atoms with Crippen LogP contribution in [0, 0.1) is 29.0 Å². The summed E-state index contributed by atoms with van der Waals surface area (Å²) in [5.74, 6) is 2.18. The number of benzene rings is 1. The molecule has 2 N–H and O–H groups in total. The maximum Gasteiger partial charge on any atom is 0.248 e. The van der Waals surface area contributed by atoms with Crippen molar-refractivity contribution in [1.29, 1.82) is 0 Å². The van der Waals surface area contributed by atoms with Crippen molar-refractivity contribution in [3.05, 3.63) is 35.6 Å². The molecule has 4 rings (SSSR count). The van der Waals surface area contributed by atoms with Gasteiger partial charge in [0.25, 0.3) is 0 Å². The van der Waals surface area contributed by atoms with Gasteiger partial charge in [0.15, 0.2) is 0 Å². The number of nitrogens with one attached hydrogen (secondary N) is 1. The van der Waals surface area contributed by atoms with Gasteiger partial charge in [-0.2, -0.15) is 0 Å². The number of hydrogen-bond donors (Lipinski definition) is 2. The number of hydrogen-bond acceptors (Lipinski definition) is 2. The molecule has 27 heavy (non-hydrogen) atoms. The molecular weight excluding hydrogens is 341 g/mol. The minimum Gasteiger partial charge on any atom is -0.383 e. The van der Waals surface area contributed by atoms with Crippen LogP contribution in [0.25, 0.3) is 0 Å². The van der Waals surface area contributed by atoms with Crippen molar-refractivity contribution < 1.29 is 14.3 Å². The Bertz CT molecular complexity index is 657. The van der Waals surface area contributed by atoms with E-state index in [0.717, 1.165) is 29.7 Å². The van der Waals surface area contributed by atoms with E-state index in [4.69, 9.17) is 0 Å². The standard InChI is InChI=1S/C23H32FNO2/c24-20-6-4-16(5-7-20)9-11-25-22(27)21(26)8-10-23-13-17-2-1-3-18(14-23)19(12-17)15-23/h4-7,17-19,21,26H,1-3,8-15H2,(H,25,27). The second-order valence-corrected chi connectivity index (χ2v) is 9.39. The van der Waals surface area contributed by atoms with E-state index in [9.17, 15) is 14.3 Å². The van der Waals surface area contributed by atoms with Crippen molar-refractivity contribution >= 4 is 5.91 Å². The second kappa shape index (κ2) is 7.90. The van der Waals surface area contributed by atoms with Crippen molar-refractivity contribution in [3.63, 3.8) is 0 Å². The van der Waals surface area contributed by atoms with E-state index in [1.807, 2.05) is 0 Å². The van der Waals surface area contributed by atoms with E-state index in [-0.39, 0.29) is 11.7 Å². The summed E-state index contributed by atoms with van der Waals surface area (Å²) in [7, 11) is 0. The number of amides is 1. The molecule has 3 saturated carbocycles. The van der Waals surface area contributed by atoms with Crippen LogP contribution in [0.15, 0.2) is 24.3 Å². The first-order chi connectivity index (χ1) is 13.0. The molecule has 5 unspecified atom stereocenters. The Morgan fingerprint density at radius 1 is 1.19 bits per heavy atom. The first-order valence-corrected chi connectivity index (χ1v) is 10.7. The van der Waals surface area contributed by atoms with E-state index in [1.54, 1.807) is 12.1 Å². The summed E-state index contributed by atoms with van der Waals surface area (Å²) in [6.45, 7) is 0.471. The molecule has 1 aromatic rings. The van der Waals surface area contributed by atoms with Crippen molar-refractivity contribution in [3.8, 4) is 0 Å². The second-order valence-electron chi connectivity index (χ2n) is 9.39. The molecule has 3 aliphatic carbocycles. The predicted molar refractivity (Wildman–Crippen MR) is 104 cm³/mol. The van der Waals surface area contributed by atoms with E-state index < -0.39 is 6.10 Å². The van der Waals surface area contributed by atoms with Crippen molar-refractivity contribution in [2.24, 2.45) is 23.2 Å². The summed E-state index contributed by atoms with van der Waals surface area (Å²) in [5.41, 5.74) is 1.38. The molecule has 1 amide bonds. The van der Waals surface area contributed by atoms with Crippen LogP contribution < -0.4 is 5.32 Å². The van der Waals surface area contributed by atoms with Gasteiger partial charge >= 0.3 is 0 Å². The van der Waals surface area contributed by atoms with Crippen molar-refractivity contribution in [1.82, 2.24) is 5.32 Å². The number of fused-ring (bicyclic) bond motifs is 2. The molecule has 3 aliphatic rings. The molecule has 0 heterocycles. The van der Waals surface area contributed by atoms with Crippen LogP contribution in [0.3, 0.4) is 0 Å². The average molecular weight is 374 g/mol. The SMILES string of the molecule is O=C(NCCc1ccc(F)cc1)C(O)CCC12CC3CCCC(C1)C(C3)C2. The first-order valence-electron chi connectivity index (χ1n) is 10.7. The lowest BCUT2D eigenvalue weighted by atomic mass is 9.67. The van der Waals surface area contributed by atoms with Crippen LogP contribution in [0.4, 0.5) is 4.39 Å². The molecule has 0 aromatic heterocycles. The Morgan fingerprint density at radius 3 is 2.78 bits per heavy atom. The molecule has 4 heteroatoms. The highest BCUT2D eigenvalue weighted by Crippen LogP contribution is 2.61. The number of aliphatic hydroxyl groups is 1. The molecule has 3 fully saturated rings. The van der Waals surface area contributed by atoms with Gasteiger partial charge in [0.2, 0.25) is 5.91 Å². The summed E-state index contributed by atoms with van der Waals surface area (Å²) >= 11 is 0. The van der Waals surface area contributed by atoms with Gasteiger partial charge in [-0.25, -0.2) is 4.39 Å². The van der Waals surface area contributed by atoms with E-state index in [0.29, 0.717) is 24.8 Å². The fraction of sp³-hybridized carbons (Fsp3) is 0.696. The summed E-state index contributed by atoms with van der Waals surface area (Å²) in [6, 6.07) is 6.32. The van der Waals surface area contributed by atoms with Gasteiger partial charge in [-0.15, -0.1) is 0 Å². The van der Waals surface area contributed by atoms with Crippen LogP contribution in [0.1, 0.15) is 63.4 Å². The summed E-state index contributed by atoms with van der Waals surface area (Å²) in [6.07, 6.45) is 10.9. The zero-order chi connectivity index (χ0) is 18.9. The minimum absolute atomic E-state index is 0.251. The number of carbonyl (C=O) groups is 1. The third-order valence-electron chi connectivity index (χ3n) is 7.48. The molecule has 0 saturated heterocycles. The summed E-state index contributed by atoms with van der Waals surface area (Å²) in [5, 5.41) is 13.2. The molecule has 0 aliphatic heterocycles. The van der Waals surface area contributed by atoms with Gasteiger partial charge in [-0.1, -0.05) is 31.4 Å². The van der Waals surface area contributed by atoms with Gasteiger partial charge in [0.1, 0.15) is 11.9 Å². The summed E-state index contributed by atoms with van der Waals surface area (Å²) in [4.78, 5) is 12.2. The summed E-state index contributed by atoms with van der Waals surface area (Å²) < 4.78 is 12.9. The van der Waals surface area contributed by atoms with Crippen molar-refractivity contribution in [2.45, 2.75) is 70.3 Å². The van der Waals surface area contributed by atoms with E-state index >= 15 is 0 Å². The Hall–Kier alpha value is -1.42. The van der Waals surface area contributed by atoms with Gasteiger partial charge in [-0.3, -0.25) is 4.79 Å². The van der Waals surface area contributed by atoms with Gasteiger partial charge in [0, 0.05) is 6.54 Å². The molecule has 3 bridgehead atoms. The van der Waals surface area contributed by atoms with Crippen LogP contribution in [0.5, 0.6) is 0 Å². The molecule has 0 spiro atoms. The highest BCUT2D eigenvalue weighted by molar-refractivity contribution is 5.80. The van der Waals surface area contributed by atoms with Gasteiger partial charge in [-0.05, 0) is 85.8 Å². The van der Waals surface area contributed by atoms with Gasteiger partial charge in [0.05, 0.1) is 0 Å². The molecule has 148 valence electrons. The quantitative estimate of drug-likeness (QED) is 0.751. The largest absolute Gasteiger partial charge is 0.383 e. The lowest BCUT2D eigenvalue weighted by molar-refractivity contribution is -0.130. The van der Waals surface area contributed by atoms with Crippen LogP contribution in [-0.2, 0) is 11.2 Å². The molecule has 1 aromatic carbocycles. The van der Waals surface area contributed by atoms with Crippen LogP contribution >= 0.6 is 0 Å². The first kappa shape index (κ1) is 18.9. The van der Waals surface area contributed by atoms with Gasteiger partial charge < -0.3 is 10.4 Å². The number of aliphatic hydroxyl groups excluding tert-OH is 1. The average Bonchev–Trinajstić information content (AvgIpc) is 2.81. The fourth-order valence-corrected chi connectivity index (χ4v) is 6.30. The number of carbonyl (C=O) groups excluding carboxylic acids is 1.